The van der Waals surface area contributed by atoms with Gasteiger partial charge in [0.1, 0.15) is 12.7 Å². The molecule has 0 aliphatic rings. The second-order valence-electron chi connectivity index (χ2n) is 4.02. The van der Waals surface area contributed by atoms with Crippen molar-refractivity contribution in [3.05, 3.63) is 43.0 Å². The SMILES string of the molecule is CC(=O)n1cnc2c(Nc3ccccc3)ncnc21. The lowest BCUT2D eigenvalue weighted by molar-refractivity contribution is 0.0940. The summed E-state index contributed by atoms with van der Waals surface area (Å²) in [5, 5.41) is 3.16. The third-order valence-corrected chi connectivity index (χ3v) is 2.71. The van der Waals surface area contributed by atoms with Crippen molar-refractivity contribution in [2.24, 2.45) is 0 Å². The van der Waals surface area contributed by atoms with E-state index >= 15 is 0 Å². The lowest BCUT2D eigenvalue weighted by Gasteiger charge is -2.05. The number of anilines is 2. The fourth-order valence-electron chi connectivity index (χ4n) is 1.81. The molecule has 2 heterocycles. The van der Waals surface area contributed by atoms with Crippen LogP contribution in [0.25, 0.3) is 11.2 Å². The molecule has 0 aliphatic carbocycles. The summed E-state index contributed by atoms with van der Waals surface area (Å²) >= 11 is 0. The number of rotatable bonds is 2. The predicted molar refractivity (Wildman–Crippen MR) is 71.3 cm³/mol. The molecule has 0 unspecified atom stereocenters. The molecule has 0 radical (unpaired) electrons. The van der Waals surface area contributed by atoms with Gasteiger partial charge in [-0.25, -0.2) is 15.0 Å². The standard InChI is InChI=1S/C13H11N5O/c1-9(19)18-8-16-11-12(14-7-15-13(11)18)17-10-5-3-2-4-6-10/h2-8H,1H3,(H,14,15,17). The van der Waals surface area contributed by atoms with Crippen LogP contribution in [0.4, 0.5) is 11.5 Å². The molecule has 1 N–H and O–H groups in total. The Hall–Kier alpha value is -2.76. The first-order valence-corrected chi connectivity index (χ1v) is 5.77. The molecule has 0 spiro atoms. The maximum atomic E-state index is 11.4. The average Bonchev–Trinajstić information content (AvgIpc) is 2.85. The van der Waals surface area contributed by atoms with Gasteiger partial charge in [-0.3, -0.25) is 9.36 Å². The molecule has 0 bridgehead atoms. The number of carbonyl (C=O) groups is 1. The van der Waals surface area contributed by atoms with Gasteiger partial charge in [-0.1, -0.05) is 18.2 Å². The number of nitrogens with zero attached hydrogens (tertiary/aromatic N) is 4. The second-order valence-corrected chi connectivity index (χ2v) is 4.02. The minimum Gasteiger partial charge on any atom is -0.338 e. The van der Waals surface area contributed by atoms with Gasteiger partial charge >= 0.3 is 0 Å². The van der Waals surface area contributed by atoms with Crippen LogP contribution in [0.5, 0.6) is 0 Å². The third kappa shape index (κ3) is 2.03. The van der Waals surface area contributed by atoms with E-state index in [0.717, 1.165) is 5.69 Å². The number of para-hydroxylation sites is 1. The largest absolute Gasteiger partial charge is 0.338 e. The van der Waals surface area contributed by atoms with Gasteiger partial charge in [0, 0.05) is 12.6 Å². The zero-order valence-electron chi connectivity index (χ0n) is 10.2. The summed E-state index contributed by atoms with van der Waals surface area (Å²) in [4.78, 5) is 23.9. The Morgan fingerprint density at radius 3 is 2.68 bits per heavy atom. The lowest BCUT2D eigenvalue weighted by atomic mass is 10.3. The predicted octanol–water partition coefficient (Wildman–Crippen LogP) is 2.23. The van der Waals surface area contributed by atoms with E-state index < -0.39 is 0 Å². The van der Waals surface area contributed by atoms with E-state index in [4.69, 9.17) is 0 Å². The van der Waals surface area contributed by atoms with E-state index in [0.29, 0.717) is 17.0 Å². The molecule has 0 amide bonds. The number of hydrogen-bond donors (Lipinski definition) is 1. The molecule has 0 saturated carbocycles. The van der Waals surface area contributed by atoms with Crippen LogP contribution in [0.2, 0.25) is 0 Å². The van der Waals surface area contributed by atoms with E-state index in [1.54, 1.807) is 0 Å². The lowest BCUT2D eigenvalue weighted by Crippen LogP contribution is -2.05. The van der Waals surface area contributed by atoms with Crippen LogP contribution in [0.15, 0.2) is 43.0 Å². The Morgan fingerprint density at radius 1 is 1.16 bits per heavy atom. The molecule has 3 aromatic rings. The van der Waals surface area contributed by atoms with Crippen molar-refractivity contribution >= 4 is 28.6 Å². The van der Waals surface area contributed by atoms with Crippen molar-refractivity contribution < 1.29 is 4.79 Å². The van der Waals surface area contributed by atoms with Crippen LogP contribution in [0.3, 0.4) is 0 Å². The fraction of sp³-hybridized carbons (Fsp3) is 0.0769. The van der Waals surface area contributed by atoms with Crippen molar-refractivity contribution in [2.45, 2.75) is 6.92 Å². The van der Waals surface area contributed by atoms with E-state index in [9.17, 15) is 4.79 Å². The van der Waals surface area contributed by atoms with E-state index in [2.05, 4.69) is 20.3 Å². The molecule has 2 aromatic heterocycles. The summed E-state index contributed by atoms with van der Waals surface area (Å²) in [6, 6.07) is 9.64. The molecule has 19 heavy (non-hydrogen) atoms. The quantitative estimate of drug-likeness (QED) is 0.758. The maximum absolute atomic E-state index is 11.4. The van der Waals surface area contributed by atoms with E-state index in [1.807, 2.05) is 30.3 Å². The molecular formula is C13H11N5O. The number of imidazole rings is 1. The fourth-order valence-corrected chi connectivity index (χ4v) is 1.81. The van der Waals surface area contributed by atoms with Crippen molar-refractivity contribution in [3.8, 4) is 0 Å². The number of aromatic nitrogens is 4. The molecule has 94 valence electrons. The Balaban J connectivity index is 2.07. The van der Waals surface area contributed by atoms with Crippen LogP contribution >= 0.6 is 0 Å². The van der Waals surface area contributed by atoms with Crippen LogP contribution in [-0.4, -0.2) is 25.4 Å². The average molecular weight is 253 g/mol. The summed E-state index contributed by atoms with van der Waals surface area (Å²) in [6.45, 7) is 1.47. The van der Waals surface area contributed by atoms with Crippen LogP contribution in [0.1, 0.15) is 11.7 Å². The molecule has 6 nitrogen and oxygen atoms in total. The molecule has 0 fully saturated rings. The number of nitrogens with one attached hydrogen (secondary N) is 1. The maximum Gasteiger partial charge on any atom is 0.230 e. The van der Waals surface area contributed by atoms with Crippen LogP contribution < -0.4 is 5.32 Å². The topological polar surface area (TPSA) is 72.7 Å². The minimum absolute atomic E-state index is 0.133. The Bertz CT molecular complexity index is 735. The van der Waals surface area contributed by atoms with E-state index in [-0.39, 0.29) is 5.91 Å². The number of fused-ring (bicyclic) bond motifs is 1. The minimum atomic E-state index is -0.133. The molecule has 0 aliphatic heterocycles. The molecule has 0 saturated heterocycles. The first kappa shape index (κ1) is 11.3. The summed E-state index contributed by atoms with van der Waals surface area (Å²) in [5.74, 6) is 0.447. The normalized spacial score (nSPS) is 10.6. The summed E-state index contributed by atoms with van der Waals surface area (Å²) in [6.07, 6.45) is 2.87. The summed E-state index contributed by atoms with van der Waals surface area (Å²) in [7, 11) is 0. The van der Waals surface area contributed by atoms with Crippen molar-refractivity contribution in [2.75, 3.05) is 5.32 Å². The molecule has 1 aromatic carbocycles. The monoisotopic (exact) mass is 253 g/mol. The van der Waals surface area contributed by atoms with Crippen molar-refractivity contribution in [1.82, 2.24) is 19.5 Å². The highest BCUT2D eigenvalue weighted by Crippen LogP contribution is 2.21. The first-order valence-electron chi connectivity index (χ1n) is 5.77. The molecule has 6 heteroatoms. The van der Waals surface area contributed by atoms with Gasteiger partial charge in [0.15, 0.2) is 17.0 Å². The number of carbonyl (C=O) groups excluding carboxylic acids is 1. The number of benzene rings is 1. The highest BCUT2D eigenvalue weighted by atomic mass is 16.1. The van der Waals surface area contributed by atoms with Crippen molar-refractivity contribution in [1.29, 1.82) is 0 Å². The van der Waals surface area contributed by atoms with Gasteiger partial charge in [0.25, 0.3) is 0 Å². The van der Waals surface area contributed by atoms with Crippen LogP contribution in [-0.2, 0) is 0 Å². The van der Waals surface area contributed by atoms with Gasteiger partial charge < -0.3 is 5.32 Å². The van der Waals surface area contributed by atoms with Crippen molar-refractivity contribution in [3.63, 3.8) is 0 Å². The summed E-state index contributed by atoms with van der Waals surface area (Å²) < 4.78 is 1.40. The van der Waals surface area contributed by atoms with E-state index in [1.165, 1.54) is 24.1 Å². The van der Waals surface area contributed by atoms with Gasteiger partial charge in [0.2, 0.25) is 5.91 Å². The molecule has 3 rings (SSSR count). The first-order chi connectivity index (χ1) is 9.25. The Kier molecular flexibility index (Phi) is 2.68. The molecule has 0 atom stereocenters. The smallest absolute Gasteiger partial charge is 0.230 e. The Morgan fingerprint density at radius 2 is 1.95 bits per heavy atom. The summed E-state index contributed by atoms with van der Waals surface area (Å²) in [5.41, 5.74) is 1.97. The highest BCUT2D eigenvalue weighted by molar-refractivity contribution is 5.92. The van der Waals surface area contributed by atoms with Gasteiger partial charge in [0.05, 0.1) is 0 Å². The van der Waals surface area contributed by atoms with Crippen LogP contribution in [0, 0.1) is 0 Å². The third-order valence-electron chi connectivity index (χ3n) is 2.71. The van der Waals surface area contributed by atoms with Gasteiger partial charge in [-0.15, -0.1) is 0 Å². The number of hydrogen-bond acceptors (Lipinski definition) is 5. The zero-order chi connectivity index (χ0) is 13.2. The molecular weight excluding hydrogens is 242 g/mol. The second kappa shape index (κ2) is 4.49. The van der Waals surface area contributed by atoms with Gasteiger partial charge in [-0.2, -0.15) is 0 Å². The highest BCUT2D eigenvalue weighted by Gasteiger charge is 2.12. The zero-order valence-corrected chi connectivity index (χ0v) is 10.2. The van der Waals surface area contributed by atoms with Gasteiger partial charge in [-0.05, 0) is 12.1 Å². The Labute approximate surface area is 109 Å².